The van der Waals surface area contributed by atoms with Gasteiger partial charge in [-0.2, -0.15) is 0 Å². The van der Waals surface area contributed by atoms with E-state index in [1.165, 1.54) is 5.56 Å². The van der Waals surface area contributed by atoms with Crippen LogP contribution in [-0.2, 0) is 11.8 Å². The Morgan fingerprint density at radius 1 is 1.29 bits per heavy atom. The van der Waals surface area contributed by atoms with Crippen molar-refractivity contribution in [2.45, 2.75) is 50.5 Å². The van der Waals surface area contributed by atoms with Crippen LogP contribution in [0.2, 0.25) is 0 Å². The second kappa shape index (κ2) is 3.74. The Balaban J connectivity index is 2.07. The molecule has 3 atom stereocenters. The number of fused-ring (bicyclic) bond motifs is 3. The van der Waals surface area contributed by atoms with Gasteiger partial charge in [0.25, 0.3) is 0 Å². The number of hydrogen-bond acceptors (Lipinski definition) is 2. The molecule has 0 aliphatic heterocycles. The molecule has 17 heavy (non-hydrogen) atoms. The number of benzene rings is 1. The van der Waals surface area contributed by atoms with E-state index in [0.717, 1.165) is 37.7 Å². The first-order chi connectivity index (χ1) is 8.11. The molecule has 0 spiro atoms. The van der Waals surface area contributed by atoms with Crippen LogP contribution < -0.4 is 0 Å². The lowest BCUT2D eigenvalue weighted by Crippen LogP contribution is -2.43. The number of aliphatic hydroxyl groups is 1. The Morgan fingerprint density at radius 2 is 2.12 bits per heavy atom. The van der Waals surface area contributed by atoms with E-state index < -0.39 is 0 Å². The maximum Gasteiger partial charge on any atom is 0.119 e. The molecule has 0 amide bonds. The molecule has 92 valence electrons. The van der Waals surface area contributed by atoms with E-state index in [1.807, 2.05) is 6.07 Å². The number of phenols is 1. The summed E-state index contributed by atoms with van der Waals surface area (Å²) in [7, 11) is 0. The van der Waals surface area contributed by atoms with Gasteiger partial charge in [-0.1, -0.05) is 19.1 Å². The quantitative estimate of drug-likeness (QED) is 0.722. The van der Waals surface area contributed by atoms with E-state index in [0.29, 0.717) is 11.7 Å². The van der Waals surface area contributed by atoms with Gasteiger partial charge in [0, 0.05) is 0 Å². The van der Waals surface area contributed by atoms with E-state index in [2.05, 4.69) is 13.0 Å². The monoisotopic (exact) mass is 232 g/mol. The average Bonchev–Trinajstić information content (AvgIpc) is 2.31. The molecule has 1 aromatic rings. The SMILES string of the molecule is CC12CCC(O)CC1CCc1c(O)cccc12. The highest BCUT2D eigenvalue weighted by Gasteiger charge is 2.44. The third-order valence-electron chi connectivity index (χ3n) is 4.96. The van der Waals surface area contributed by atoms with Gasteiger partial charge in [0.15, 0.2) is 0 Å². The van der Waals surface area contributed by atoms with Crippen LogP contribution in [0.4, 0.5) is 0 Å². The zero-order valence-electron chi connectivity index (χ0n) is 10.3. The van der Waals surface area contributed by atoms with Gasteiger partial charge in [0.1, 0.15) is 5.75 Å². The second-order valence-electron chi connectivity index (χ2n) is 5.88. The molecule has 2 nitrogen and oxygen atoms in total. The fourth-order valence-electron chi connectivity index (χ4n) is 3.86. The largest absolute Gasteiger partial charge is 0.508 e. The van der Waals surface area contributed by atoms with Gasteiger partial charge in [-0.25, -0.2) is 0 Å². The third-order valence-corrected chi connectivity index (χ3v) is 4.96. The Hall–Kier alpha value is -1.02. The Morgan fingerprint density at radius 3 is 2.94 bits per heavy atom. The van der Waals surface area contributed by atoms with Crippen LogP contribution in [0.1, 0.15) is 43.7 Å². The maximum absolute atomic E-state index is 9.96. The highest BCUT2D eigenvalue weighted by molar-refractivity contribution is 5.46. The van der Waals surface area contributed by atoms with E-state index >= 15 is 0 Å². The lowest BCUT2D eigenvalue weighted by atomic mass is 9.58. The van der Waals surface area contributed by atoms with Gasteiger partial charge in [0.05, 0.1) is 6.10 Å². The van der Waals surface area contributed by atoms with Crippen molar-refractivity contribution >= 4 is 0 Å². The van der Waals surface area contributed by atoms with Crippen molar-refractivity contribution in [3.63, 3.8) is 0 Å². The molecule has 2 aliphatic carbocycles. The number of hydrogen-bond donors (Lipinski definition) is 2. The van der Waals surface area contributed by atoms with Crippen molar-refractivity contribution in [1.82, 2.24) is 0 Å². The van der Waals surface area contributed by atoms with Crippen molar-refractivity contribution in [2.24, 2.45) is 5.92 Å². The van der Waals surface area contributed by atoms with E-state index in [4.69, 9.17) is 0 Å². The summed E-state index contributed by atoms with van der Waals surface area (Å²) in [6.45, 7) is 2.31. The zero-order chi connectivity index (χ0) is 12.0. The number of phenolic OH excluding ortho intramolecular Hbond substituents is 1. The first kappa shape index (κ1) is 11.1. The van der Waals surface area contributed by atoms with Crippen molar-refractivity contribution in [1.29, 1.82) is 0 Å². The second-order valence-corrected chi connectivity index (χ2v) is 5.88. The van der Waals surface area contributed by atoms with Gasteiger partial charge in [-0.15, -0.1) is 0 Å². The van der Waals surface area contributed by atoms with Crippen LogP contribution in [-0.4, -0.2) is 16.3 Å². The summed E-state index contributed by atoms with van der Waals surface area (Å²) >= 11 is 0. The first-order valence-electron chi connectivity index (χ1n) is 6.60. The molecule has 0 bridgehead atoms. The first-order valence-corrected chi connectivity index (χ1v) is 6.60. The standard InChI is InChI=1S/C15H20O2/c1-15-8-7-11(16)9-10(15)5-6-12-13(15)3-2-4-14(12)17/h2-4,10-11,16-17H,5-9H2,1H3. The van der Waals surface area contributed by atoms with Crippen LogP contribution >= 0.6 is 0 Å². The summed E-state index contributed by atoms with van der Waals surface area (Å²) < 4.78 is 0. The molecule has 3 unspecified atom stereocenters. The lowest BCUT2D eigenvalue weighted by molar-refractivity contribution is 0.0481. The van der Waals surface area contributed by atoms with Crippen LogP contribution in [0, 0.1) is 5.92 Å². The van der Waals surface area contributed by atoms with Crippen molar-refractivity contribution in [3.8, 4) is 5.75 Å². The summed E-state index contributed by atoms with van der Waals surface area (Å²) in [5, 5.41) is 19.8. The minimum absolute atomic E-state index is 0.119. The molecule has 2 N–H and O–H groups in total. The third kappa shape index (κ3) is 1.58. The minimum Gasteiger partial charge on any atom is -0.508 e. The molecule has 1 saturated carbocycles. The molecule has 3 rings (SSSR count). The predicted octanol–water partition coefficient (Wildman–Crippen LogP) is 2.76. The molecular formula is C15H20O2. The molecule has 0 aromatic heterocycles. The summed E-state index contributed by atoms with van der Waals surface area (Å²) in [5.41, 5.74) is 2.62. The Bertz CT molecular complexity index is 441. The molecule has 1 fully saturated rings. The molecule has 2 aliphatic rings. The van der Waals surface area contributed by atoms with Gasteiger partial charge in [-0.05, 0) is 60.6 Å². The maximum atomic E-state index is 9.96. The Labute approximate surface area is 102 Å². The minimum atomic E-state index is -0.119. The number of rotatable bonds is 0. The lowest BCUT2D eigenvalue weighted by Gasteiger charge is -2.47. The van der Waals surface area contributed by atoms with E-state index in [1.54, 1.807) is 6.07 Å². The zero-order valence-corrected chi connectivity index (χ0v) is 10.3. The highest BCUT2D eigenvalue weighted by atomic mass is 16.3. The summed E-state index contributed by atoms with van der Waals surface area (Å²) in [6, 6.07) is 5.91. The van der Waals surface area contributed by atoms with E-state index in [-0.39, 0.29) is 11.5 Å². The summed E-state index contributed by atoms with van der Waals surface area (Å²) in [5.74, 6) is 1.02. The van der Waals surface area contributed by atoms with Gasteiger partial charge in [0.2, 0.25) is 0 Å². The molecule has 0 heterocycles. The summed E-state index contributed by atoms with van der Waals surface area (Å²) in [6.07, 6.45) is 4.78. The van der Waals surface area contributed by atoms with Gasteiger partial charge < -0.3 is 10.2 Å². The Kier molecular flexibility index (Phi) is 2.44. The molecule has 1 aromatic carbocycles. The van der Waals surface area contributed by atoms with Crippen LogP contribution in [0.25, 0.3) is 0 Å². The van der Waals surface area contributed by atoms with Gasteiger partial charge >= 0.3 is 0 Å². The fraction of sp³-hybridized carbons (Fsp3) is 0.600. The molecule has 0 saturated heterocycles. The van der Waals surface area contributed by atoms with Crippen LogP contribution in [0.15, 0.2) is 18.2 Å². The molecule has 0 radical (unpaired) electrons. The van der Waals surface area contributed by atoms with Crippen molar-refractivity contribution in [3.05, 3.63) is 29.3 Å². The molecule has 2 heteroatoms. The average molecular weight is 232 g/mol. The number of aromatic hydroxyl groups is 1. The van der Waals surface area contributed by atoms with Crippen LogP contribution in [0.5, 0.6) is 5.75 Å². The number of aliphatic hydroxyl groups excluding tert-OH is 1. The fourth-order valence-corrected chi connectivity index (χ4v) is 3.86. The van der Waals surface area contributed by atoms with Crippen molar-refractivity contribution < 1.29 is 10.2 Å². The summed E-state index contributed by atoms with van der Waals surface area (Å²) in [4.78, 5) is 0. The highest BCUT2D eigenvalue weighted by Crippen LogP contribution is 2.51. The topological polar surface area (TPSA) is 40.5 Å². The molecular weight excluding hydrogens is 212 g/mol. The smallest absolute Gasteiger partial charge is 0.119 e. The normalized spacial score (nSPS) is 36.1. The predicted molar refractivity (Wildman–Crippen MR) is 67.1 cm³/mol. The van der Waals surface area contributed by atoms with Gasteiger partial charge in [-0.3, -0.25) is 0 Å². The van der Waals surface area contributed by atoms with Crippen molar-refractivity contribution in [2.75, 3.05) is 0 Å². The van der Waals surface area contributed by atoms with E-state index in [9.17, 15) is 10.2 Å². The van der Waals surface area contributed by atoms with Crippen LogP contribution in [0.3, 0.4) is 0 Å².